The van der Waals surface area contributed by atoms with E-state index in [1.54, 1.807) is 24.8 Å². The maximum atomic E-state index is 12.0. The van der Waals surface area contributed by atoms with E-state index < -0.39 is 0 Å². The third kappa shape index (κ3) is 3.22. The lowest BCUT2D eigenvalue weighted by Gasteiger charge is -2.03. The summed E-state index contributed by atoms with van der Waals surface area (Å²) < 4.78 is 11.4. The van der Waals surface area contributed by atoms with E-state index in [1.807, 2.05) is 18.2 Å². The van der Waals surface area contributed by atoms with Crippen LogP contribution in [0.25, 0.3) is 11.3 Å². The minimum absolute atomic E-state index is 0.204. The first-order valence-electron chi connectivity index (χ1n) is 6.22. The fourth-order valence-corrected chi connectivity index (χ4v) is 2.20. The number of hydrogen-bond donors (Lipinski definition) is 1. The highest BCUT2D eigenvalue weighted by molar-refractivity contribution is 9.10. The van der Waals surface area contributed by atoms with E-state index in [9.17, 15) is 4.79 Å². The van der Waals surface area contributed by atoms with Gasteiger partial charge in [0.2, 0.25) is 0 Å². The topological polar surface area (TPSA) is 68.3 Å². The lowest BCUT2D eigenvalue weighted by molar-refractivity contribution is 0.0947. The van der Waals surface area contributed by atoms with Gasteiger partial charge < -0.3 is 14.2 Å². The molecule has 1 amide bonds. The molecule has 0 aliphatic carbocycles. The molecule has 6 heteroatoms. The predicted octanol–water partition coefficient (Wildman–Crippen LogP) is 3.63. The van der Waals surface area contributed by atoms with Gasteiger partial charge in [0.05, 0.1) is 23.9 Å². The Hall–Kier alpha value is -2.34. The van der Waals surface area contributed by atoms with Gasteiger partial charge in [-0.1, -0.05) is 0 Å². The summed E-state index contributed by atoms with van der Waals surface area (Å²) >= 11 is 3.28. The Morgan fingerprint density at radius 2 is 2.19 bits per heavy atom. The Bertz CT molecular complexity index is 750. The van der Waals surface area contributed by atoms with Gasteiger partial charge in [0.25, 0.3) is 5.91 Å². The van der Waals surface area contributed by atoms with Crippen LogP contribution in [-0.2, 0) is 6.54 Å². The fraction of sp³-hybridized carbons (Fsp3) is 0.0667. The van der Waals surface area contributed by atoms with Gasteiger partial charge in [-0.25, -0.2) is 0 Å². The lowest BCUT2D eigenvalue weighted by Crippen LogP contribution is -2.22. The van der Waals surface area contributed by atoms with E-state index in [0.29, 0.717) is 23.6 Å². The van der Waals surface area contributed by atoms with Gasteiger partial charge in [-0.15, -0.1) is 0 Å². The molecule has 106 valence electrons. The molecule has 0 fully saturated rings. The molecule has 0 atom stereocenters. The minimum atomic E-state index is -0.204. The summed E-state index contributed by atoms with van der Waals surface area (Å²) in [5.74, 6) is 1.17. The van der Waals surface area contributed by atoms with Crippen LogP contribution < -0.4 is 5.32 Å². The van der Waals surface area contributed by atoms with Crippen molar-refractivity contribution in [2.24, 2.45) is 0 Å². The van der Waals surface area contributed by atoms with Gasteiger partial charge in [0.15, 0.2) is 0 Å². The van der Waals surface area contributed by atoms with Gasteiger partial charge in [0, 0.05) is 16.9 Å². The summed E-state index contributed by atoms with van der Waals surface area (Å²) in [6.07, 6.45) is 6.33. The van der Waals surface area contributed by atoms with Gasteiger partial charge in [-0.05, 0) is 40.2 Å². The summed E-state index contributed by atoms with van der Waals surface area (Å²) in [6.45, 7) is 0.309. The van der Waals surface area contributed by atoms with Gasteiger partial charge in [0.1, 0.15) is 17.8 Å². The number of rotatable bonds is 4. The van der Waals surface area contributed by atoms with Crippen LogP contribution in [0.15, 0.2) is 62.5 Å². The number of furan rings is 2. The number of nitrogens with zero attached hydrogens (tertiary/aromatic N) is 1. The molecule has 0 spiro atoms. The number of nitrogens with one attached hydrogen (secondary N) is 1. The summed E-state index contributed by atoms with van der Waals surface area (Å²) in [7, 11) is 0. The number of halogens is 1. The van der Waals surface area contributed by atoms with Crippen molar-refractivity contribution in [2.45, 2.75) is 6.54 Å². The van der Waals surface area contributed by atoms with Crippen LogP contribution in [0.2, 0.25) is 0 Å². The Morgan fingerprint density at radius 3 is 2.95 bits per heavy atom. The first kappa shape index (κ1) is 13.6. The molecule has 0 bridgehead atoms. The molecule has 21 heavy (non-hydrogen) atoms. The second kappa shape index (κ2) is 5.97. The van der Waals surface area contributed by atoms with Crippen LogP contribution in [0.3, 0.4) is 0 Å². The molecule has 3 rings (SSSR count). The summed E-state index contributed by atoms with van der Waals surface area (Å²) in [4.78, 5) is 15.9. The van der Waals surface area contributed by atoms with Crippen molar-refractivity contribution < 1.29 is 13.6 Å². The van der Waals surface area contributed by atoms with Crippen molar-refractivity contribution in [1.29, 1.82) is 0 Å². The molecule has 3 heterocycles. The summed E-state index contributed by atoms with van der Waals surface area (Å²) in [5.41, 5.74) is 1.36. The van der Waals surface area contributed by atoms with Crippen LogP contribution in [0.4, 0.5) is 0 Å². The van der Waals surface area contributed by atoms with Gasteiger partial charge in [-0.2, -0.15) is 0 Å². The fourth-order valence-electron chi connectivity index (χ4n) is 1.84. The van der Waals surface area contributed by atoms with Crippen LogP contribution >= 0.6 is 15.9 Å². The van der Waals surface area contributed by atoms with E-state index in [2.05, 4.69) is 26.2 Å². The van der Waals surface area contributed by atoms with Gasteiger partial charge >= 0.3 is 0 Å². The highest BCUT2D eigenvalue weighted by atomic mass is 79.9. The Balaban J connectivity index is 1.64. The first-order chi connectivity index (χ1) is 10.2. The molecule has 0 radical (unpaired) electrons. The number of aromatic nitrogens is 1. The van der Waals surface area contributed by atoms with Crippen LogP contribution in [0.1, 0.15) is 16.1 Å². The molecule has 5 nitrogen and oxygen atoms in total. The van der Waals surface area contributed by atoms with E-state index in [1.165, 1.54) is 6.20 Å². The molecule has 1 N–H and O–H groups in total. The van der Waals surface area contributed by atoms with Crippen LogP contribution in [0, 0.1) is 0 Å². The SMILES string of the molecule is O=C(NCc1ccc(-c2ccoc2)o1)c1cncc(Br)c1. The average molecular weight is 347 g/mol. The maximum Gasteiger partial charge on any atom is 0.253 e. The number of amides is 1. The standard InChI is InChI=1S/C15H11BrN2O3/c16-12-5-11(6-17-7-12)15(19)18-8-13-1-2-14(21-13)10-3-4-20-9-10/h1-7,9H,8H2,(H,18,19). The van der Waals surface area contributed by atoms with Crippen molar-refractivity contribution >= 4 is 21.8 Å². The normalized spacial score (nSPS) is 10.5. The average Bonchev–Trinajstić information content (AvgIpc) is 3.15. The van der Waals surface area contributed by atoms with E-state index in [-0.39, 0.29) is 5.91 Å². The first-order valence-corrected chi connectivity index (χ1v) is 7.02. The molecular formula is C15H11BrN2O3. The van der Waals surface area contributed by atoms with Crippen molar-refractivity contribution in [3.05, 3.63) is 65.0 Å². The zero-order chi connectivity index (χ0) is 14.7. The minimum Gasteiger partial charge on any atom is -0.472 e. The Morgan fingerprint density at radius 1 is 1.29 bits per heavy atom. The van der Waals surface area contributed by atoms with Crippen LogP contribution in [-0.4, -0.2) is 10.9 Å². The smallest absolute Gasteiger partial charge is 0.253 e. The molecule has 3 aromatic heterocycles. The van der Waals surface area contributed by atoms with Gasteiger partial charge in [-0.3, -0.25) is 9.78 Å². The highest BCUT2D eigenvalue weighted by Gasteiger charge is 2.09. The zero-order valence-electron chi connectivity index (χ0n) is 10.9. The predicted molar refractivity (Wildman–Crippen MR) is 79.5 cm³/mol. The zero-order valence-corrected chi connectivity index (χ0v) is 12.5. The monoisotopic (exact) mass is 346 g/mol. The molecule has 0 unspecified atom stereocenters. The molecule has 0 aliphatic rings. The molecule has 0 aliphatic heterocycles. The highest BCUT2D eigenvalue weighted by Crippen LogP contribution is 2.22. The Kier molecular flexibility index (Phi) is 3.87. The lowest BCUT2D eigenvalue weighted by atomic mass is 10.2. The molecular weight excluding hydrogens is 336 g/mol. The largest absolute Gasteiger partial charge is 0.472 e. The number of hydrogen-bond acceptors (Lipinski definition) is 4. The third-order valence-corrected chi connectivity index (χ3v) is 3.29. The number of pyridine rings is 1. The molecule has 0 saturated heterocycles. The van der Waals surface area contributed by atoms with Crippen molar-refractivity contribution in [1.82, 2.24) is 10.3 Å². The summed E-state index contributed by atoms with van der Waals surface area (Å²) in [5, 5.41) is 2.78. The molecule has 0 saturated carbocycles. The van der Waals surface area contributed by atoms with Crippen LogP contribution in [0.5, 0.6) is 0 Å². The van der Waals surface area contributed by atoms with Crippen molar-refractivity contribution in [3.63, 3.8) is 0 Å². The number of carbonyl (C=O) groups is 1. The summed E-state index contributed by atoms with van der Waals surface area (Å²) in [6, 6.07) is 7.19. The van der Waals surface area contributed by atoms with Crippen molar-refractivity contribution in [3.8, 4) is 11.3 Å². The Labute approximate surface area is 129 Å². The quantitative estimate of drug-likeness (QED) is 0.783. The van der Waals surface area contributed by atoms with Crippen molar-refractivity contribution in [2.75, 3.05) is 0 Å². The number of carbonyl (C=O) groups excluding carboxylic acids is 1. The maximum absolute atomic E-state index is 12.0. The van der Waals surface area contributed by atoms with E-state index in [0.717, 1.165) is 10.0 Å². The molecule has 0 aromatic carbocycles. The van der Waals surface area contributed by atoms with E-state index >= 15 is 0 Å². The third-order valence-electron chi connectivity index (χ3n) is 2.86. The second-order valence-electron chi connectivity index (χ2n) is 4.35. The molecule has 3 aromatic rings. The van der Waals surface area contributed by atoms with E-state index in [4.69, 9.17) is 8.83 Å². The second-order valence-corrected chi connectivity index (χ2v) is 5.27.